The third kappa shape index (κ3) is 4.74. The number of carbonyl (C=O) groups excluding carboxylic acids is 2. The Labute approximate surface area is 179 Å². The number of methoxy groups -OCH3 is 2. The van der Waals surface area contributed by atoms with Crippen molar-refractivity contribution in [3.8, 4) is 11.5 Å². The fourth-order valence-electron chi connectivity index (χ4n) is 3.18. The van der Waals surface area contributed by atoms with Gasteiger partial charge in [-0.2, -0.15) is 4.31 Å². The molecule has 1 fully saturated rings. The molecule has 2 N–H and O–H groups in total. The van der Waals surface area contributed by atoms with Crippen LogP contribution < -0.4 is 20.3 Å². The van der Waals surface area contributed by atoms with Gasteiger partial charge in [0.1, 0.15) is 4.21 Å². The van der Waals surface area contributed by atoms with Crippen LogP contribution in [0.3, 0.4) is 0 Å². The maximum Gasteiger partial charge on any atom is 0.269 e. The summed E-state index contributed by atoms with van der Waals surface area (Å²) in [5.41, 5.74) is 5.04. The van der Waals surface area contributed by atoms with E-state index >= 15 is 0 Å². The van der Waals surface area contributed by atoms with Crippen LogP contribution in [-0.2, 0) is 14.8 Å². The highest BCUT2D eigenvalue weighted by atomic mass is 32.2. The molecule has 1 aliphatic rings. The van der Waals surface area contributed by atoms with E-state index in [1.165, 1.54) is 24.6 Å². The summed E-state index contributed by atoms with van der Waals surface area (Å²) in [6.07, 6.45) is 1.10. The standard InChI is InChI=1S/C19H23N3O6S2/c1-27-15-8-7-13(11-16(15)28-2)18(23)20-21-19(24)14-5-3-9-22(12-14)30(25,26)17-6-4-10-29-17/h4,6-8,10-11,14H,3,5,9,12H2,1-2H3,(H,20,23)(H,21,24). The van der Waals surface area contributed by atoms with Gasteiger partial charge in [-0.3, -0.25) is 20.4 Å². The number of ether oxygens (including phenoxy) is 2. The third-order valence-corrected chi connectivity index (χ3v) is 8.03. The van der Waals surface area contributed by atoms with Gasteiger partial charge in [-0.1, -0.05) is 6.07 Å². The number of hydrogen-bond acceptors (Lipinski definition) is 7. The Morgan fingerprint density at radius 3 is 2.57 bits per heavy atom. The lowest BCUT2D eigenvalue weighted by Gasteiger charge is -2.30. The molecule has 3 rings (SSSR count). The first-order chi connectivity index (χ1) is 14.4. The van der Waals surface area contributed by atoms with E-state index < -0.39 is 27.8 Å². The van der Waals surface area contributed by atoms with Gasteiger partial charge in [-0.05, 0) is 42.5 Å². The Morgan fingerprint density at radius 1 is 1.13 bits per heavy atom. The molecule has 11 heteroatoms. The van der Waals surface area contributed by atoms with Crippen molar-refractivity contribution in [3.05, 3.63) is 41.3 Å². The summed E-state index contributed by atoms with van der Waals surface area (Å²) in [5, 5.41) is 1.70. The second kappa shape index (κ2) is 9.45. The monoisotopic (exact) mass is 453 g/mol. The Morgan fingerprint density at radius 2 is 1.90 bits per heavy atom. The summed E-state index contributed by atoms with van der Waals surface area (Å²) >= 11 is 1.14. The van der Waals surface area contributed by atoms with Crippen molar-refractivity contribution in [3.63, 3.8) is 0 Å². The van der Waals surface area contributed by atoms with Gasteiger partial charge in [-0.15, -0.1) is 11.3 Å². The van der Waals surface area contributed by atoms with Crippen LogP contribution in [0, 0.1) is 5.92 Å². The second-order valence-corrected chi connectivity index (χ2v) is 9.76. The molecule has 1 unspecified atom stereocenters. The van der Waals surface area contributed by atoms with Gasteiger partial charge >= 0.3 is 0 Å². The lowest BCUT2D eigenvalue weighted by atomic mass is 9.99. The zero-order valence-corrected chi connectivity index (χ0v) is 18.2. The second-order valence-electron chi connectivity index (χ2n) is 6.65. The molecule has 0 spiro atoms. The van der Waals surface area contributed by atoms with E-state index in [9.17, 15) is 18.0 Å². The number of hydrazine groups is 1. The van der Waals surface area contributed by atoms with E-state index in [0.717, 1.165) is 11.3 Å². The van der Waals surface area contributed by atoms with Crippen LogP contribution in [0.1, 0.15) is 23.2 Å². The highest BCUT2D eigenvalue weighted by Gasteiger charge is 2.34. The third-order valence-electron chi connectivity index (χ3n) is 4.79. The molecule has 0 saturated carbocycles. The number of nitrogens with one attached hydrogen (secondary N) is 2. The van der Waals surface area contributed by atoms with E-state index in [0.29, 0.717) is 30.9 Å². The number of nitrogens with zero attached hydrogens (tertiary/aromatic N) is 1. The quantitative estimate of drug-likeness (QED) is 0.643. The number of hydrogen-bond donors (Lipinski definition) is 2. The summed E-state index contributed by atoms with van der Waals surface area (Å²) in [6, 6.07) is 7.85. The van der Waals surface area contributed by atoms with Gasteiger partial charge in [0.2, 0.25) is 5.91 Å². The molecule has 2 heterocycles. The molecule has 1 atom stereocenters. The molecule has 0 aliphatic carbocycles. The maximum absolute atomic E-state index is 12.7. The lowest BCUT2D eigenvalue weighted by Crippen LogP contribution is -2.49. The number of thiophene rings is 1. The van der Waals surface area contributed by atoms with Gasteiger partial charge in [0.15, 0.2) is 11.5 Å². The van der Waals surface area contributed by atoms with Crippen LogP contribution in [0.4, 0.5) is 0 Å². The van der Waals surface area contributed by atoms with Crippen LogP contribution in [0.2, 0.25) is 0 Å². The van der Waals surface area contributed by atoms with Crippen molar-refractivity contribution < 1.29 is 27.5 Å². The summed E-state index contributed by atoms with van der Waals surface area (Å²) < 4.78 is 37.3. The minimum absolute atomic E-state index is 0.0678. The molecule has 2 amide bonds. The zero-order valence-electron chi connectivity index (χ0n) is 16.6. The Balaban J connectivity index is 1.60. The molecule has 1 aromatic carbocycles. The molecule has 30 heavy (non-hydrogen) atoms. The van der Waals surface area contributed by atoms with Gasteiger partial charge in [0.25, 0.3) is 15.9 Å². The number of rotatable bonds is 6. The van der Waals surface area contributed by atoms with Crippen LogP contribution in [0.15, 0.2) is 39.9 Å². The van der Waals surface area contributed by atoms with Crippen molar-refractivity contribution >= 4 is 33.2 Å². The van der Waals surface area contributed by atoms with Crippen LogP contribution in [0.25, 0.3) is 0 Å². The fourth-order valence-corrected chi connectivity index (χ4v) is 5.85. The molecule has 0 radical (unpaired) electrons. The molecular formula is C19H23N3O6S2. The Kier molecular flexibility index (Phi) is 6.95. The van der Waals surface area contributed by atoms with Crippen LogP contribution in [0.5, 0.6) is 11.5 Å². The summed E-state index contributed by atoms with van der Waals surface area (Å²) in [7, 11) is -0.666. The number of benzene rings is 1. The normalized spacial score (nSPS) is 17.2. The first-order valence-electron chi connectivity index (χ1n) is 9.22. The summed E-state index contributed by atoms with van der Waals surface area (Å²) in [6.45, 7) is 0.431. The van der Waals surface area contributed by atoms with E-state index in [2.05, 4.69) is 10.9 Å². The molecule has 1 saturated heterocycles. The number of amides is 2. The van der Waals surface area contributed by atoms with Crippen molar-refractivity contribution in [2.75, 3.05) is 27.3 Å². The minimum Gasteiger partial charge on any atom is -0.493 e. The number of piperidine rings is 1. The lowest BCUT2D eigenvalue weighted by molar-refractivity contribution is -0.126. The highest BCUT2D eigenvalue weighted by molar-refractivity contribution is 7.91. The molecule has 1 aliphatic heterocycles. The Hall–Kier alpha value is -2.63. The molecule has 0 bridgehead atoms. The Bertz CT molecular complexity index is 1010. The average molecular weight is 454 g/mol. The van der Waals surface area contributed by atoms with Crippen LogP contribution >= 0.6 is 11.3 Å². The number of carbonyl (C=O) groups is 2. The largest absolute Gasteiger partial charge is 0.493 e. The van der Waals surface area contributed by atoms with Crippen LogP contribution in [-0.4, -0.2) is 51.8 Å². The highest BCUT2D eigenvalue weighted by Crippen LogP contribution is 2.28. The summed E-state index contributed by atoms with van der Waals surface area (Å²) in [5.74, 6) is -0.650. The minimum atomic E-state index is -3.61. The fraction of sp³-hybridized carbons (Fsp3) is 0.368. The topological polar surface area (TPSA) is 114 Å². The smallest absolute Gasteiger partial charge is 0.269 e. The molecule has 9 nitrogen and oxygen atoms in total. The first kappa shape index (κ1) is 22.1. The van der Waals surface area contributed by atoms with Crippen molar-refractivity contribution in [1.29, 1.82) is 0 Å². The molecule has 1 aromatic heterocycles. The van der Waals surface area contributed by atoms with Crippen molar-refractivity contribution in [2.24, 2.45) is 5.92 Å². The van der Waals surface area contributed by atoms with Gasteiger partial charge < -0.3 is 9.47 Å². The SMILES string of the molecule is COc1ccc(C(=O)NNC(=O)C2CCCN(S(=O)(=O)c3cccs3)C2)cc1OC. The average Bonchev–Trinajstić information content (AvgIpc) is 3.32. The first-order valence-corrected chi connectivity index (χ1v) is 11.5. The predicted molar refractivity (Wildman–Crippen MR) is 111 cm³/mol. The van der Waals surface area contributed by atoms with Gasteiger partial charge in [-0.25, -0.2) is 8.42 Å². The van der Waals surface area contributed by atoms with Crippen molar-refractivity contribution in [2.45, 2.75) is 17.1 Å². The maximum atomic E-state index is 12.7. The molecule has 2 aromatic rings. The van der Waals surface area contributed by atoms with E-state index in [1.807, 2.05) is 0 Å². The van der Waals surface area contributed by atoms with E-state index in [1.54, 1.807) is 29.6 Å². The summed E-state index contributed by atoms with van der Waals surface area (Å²) in [4.78, 5) is 24.9. The zero-order chi connectivity index (χ0) is 21.7. The number of sulfonamides is 1. The van der Waals surface area contributed by atoms with Gasteiger partial charge in [0.05, 0.1) is 20.1 Å². The van der Waals surface area contributed by atoms with E-state index in [-0.39, 0.29) is 16.3 Å². The molecular weight excluding hydrogens is 430 g/mol. The van der Waals surface area contributed by atoms with Gasteiger partial charge in [0, 0.05) is 18.7 Å². The van der Waals surface area contributed by atoms with Crippen molar-refractivity contribution in [1.82, 2.24) is 15.2 Å². The van der Waals surface area contributed by atoms with E-state index in [4.69, 9.17) is 9.47 Å². The molecule has 162 valence electrons. The predicted octanol–water partition coefficient (Wildman–Crippen LogP) is 1.63.